The van der Waals surface area contributed by atoms with Crippen LogP contribution in [0.2, 0.25) is 0 Å². The molecular weight excluding hydrogens is 438 g/mol. The van der Waals surface area contributed by atoms with E-state index in [-0.39, 0.29) is 28.9 Å². The second-order valence-electron chi connectivity index (χ2n) is 8.61. The van der Waals surface area contributed by atoms with Crippen molar-refractivity contribution in [2.24, 2.45) is 5.41 Å². The molecule has 31 heavy (non-hydrogen) atoms. The highest BCUT2D eigenvalue weighted by molar-refractivity contribution is 8.04. The summed E-state index contributed by atoms with van der Waals surface area (Å²) >= 11 is 1.22. The number of ketones is 1. The minimum absolute atomic E-state index is 0.0695. The van der Waals surface area contributed by atoms with Crippen molar-refractivity contribution in [1.82, 2.24) is 9.21 Å². The standard InChI is InChI=1S/C21H29N3O5S2/c1-13-8-15(31(28,29)23(6)7)9-16(14(13)2)22-18(26)11-24-19(27)12-30-20(24)10-17(25)21(3,4)5/h8-10H,11-12H2,1-7H3,(H,22,26)/b20-10-. The third-order valence-corrected chi connectivity index (χ3v) is 7.72. The molecule has 1 N–H and O–H groups in total. The number of carbonyl (C=O) groups excluding carboxylic acids is 3. The molecule has 0 bridgehead atoms. The van der Waals surface area contributed by atoms with Crippen molar-refractivity contribution in [3.63, 3.8) is 0 Å². The summed E-state index contributed by atoms with van der Waals surface area (Å²) in [5.74, 6) is -0.717. The maximum atomic E-state index is 12.7. The van der Waals surface area contributed by atoms with E-state index in [2.05, 4.69) is 5.32 Å². The Hall–Kier alpha value is -2.17. The summed E-state index contributed by atoms with van der Waals surface area (Å²) in [6, 6.07) is 2.97. The Morgan fingerprint density at radius 1 is 1.23 bits per heavy atom. The number of aryl methyl sites for hydroxylation is 1. The van der Waals surface area contributed by atoms with E-state index in [4.69, 9.17) is 0 Å². The minimum atomic E-state index is -3.67. The van der Waals surface area contributed by atoms with E-state index in [1.807, 2.05) is 0 Å². The Morgan fingerprint density at radius 2 is 1.84 bits per heavy atom. The maximum absolute atomic E-state index is 12.7. The number of hydrogen-bond acceptors (Lipinski definition) is 6. The number of anilines is 1. The molecule has 10 heteroatoms. The number of amides is 2. The summed E-state index contributed by atoms with van der Waals surface area (Å²) < 4.78 is 26.1. The van der Waals surface area contributed by atoms with Crippen LogP contribution < -0.4 is 5.32 Å². The molecule has 0 atom stereocenters. The van der Waals surface area contributed by atoms with E-state index in [0.717, 1.165) is 9.87 Å². The van der Waals surface area contributed by atoms with Gasteiger partial charge in [0.15, 0.2) is 5.78 Å². The summed E-state index contributed by atoms with van der Waals surface area (Å²) in [7, 11) is -0.801. The van der Waals surface area contributed by atoms with Gasteiger partial charge >= 0.3 is 0 Å². The molecule has 1 fully saturated rings. The van der Waals surface area contributed by atoms with E-state index >= 15 is 0 Å². The topological polar surface area (TPSA) is 104 Å². The average Bonchev–Trinajstić information content (AvgIpc) is 2.97. The molecular formula is C21H29N3O5S2. The molecule has 0 saturated carbocycles. The lowest BCUT2D eigenvalue weighted by Crippen LogP contribution is -2.34. The Bertz CT molecular complexity index is 1050. The van der Waals surface area contributed by atoms with Crippen LogP contribution in [-0.2, 0) is 24.4 Å². The van der Waals surface area contributed by atoms with Crippen molar-refractivity contribution in [2.45, 2.75) is 39.5 Å². The highest BCUT2D eigenvalue weighted by Crippen LogP contribution is 2.31. The fraction of sp³-hybridized carbons (Fsp3) is 0.476. The number of thioether (sulfide) groups is 1. The summed E-state index contributed by atoms with van der Waals surface area (Å²) in [4.78, 5) is 38.7. The zero-order valence-corrected chi connectivity index (χ0v) is 20.5. The van der Waals surface area contributed by atoms with Crippen LogP contribution in [0.1, 0.15) is 31.9 Å². The number of nitrogens with one attached hydrogen (secondary N) is 1. The lowest BCUT2D eigenvalue weighted by atomic mass is 9.91. The predicted molar refractivity (Wildman–Crippen MR) is 122 cm³/mol. The molecule has 1 saturated heterocycles. The highest BCUT2D eigenvalue weighted by Gasteiger charge is 2.31. The molecule has 170 valence electrons. The van der Waals surface area contributed by atoms with Crippen molar-refractivity contribution in [3.8, 4) is 0 Å². The molecule has 0 spiro atoms. The molecule has 1 heterocycles. The molecule has 1 aromatic carbocycles. The van der Waals surface area contributed by atoms with Crippen molar-refractivity contribution >= 4 is 45.1 Å². The van der Waals surface area contributed by atoms with Gasteiger partial charge in [0.25, 0.3) is 0 Å². The van der Waals surface area contributed by atoms with E-state index < -0.39 is 21.3 Å². The minimum Gasteiger partial charge on any atom is -0.324 e. The van der Waals surface area contributed by atoms with Gasteiger partial charge in [-0.25, -0.2) is 12.7 Å². The van der Waals surface area contributed by atoms with Crippen LogP contribution in [0.4, 0.5) is 5.69 Å². The molecule has 1 aliphatic rings. The second-order valence-corrected chi connectivity index (χ2v) is 11.8. The van der Waals surface area contributed by atoms with Gasteiger partial charge in [0.05, 0.1) is 15.7 Å². The first-order valence-electron chi connectivity index (χ1n) is 9.67. The zero-order valence-electron chi connectivity index (χ0n) is 18.9. The smallest absolute Gasteiger partial charge is 0.244 e. The first-order chi connectivity index (χ1) is 14.1. The fourth-order valence-electron chi connectivity index (χ4n) is 2.68. The van der Waals surface area contributed by atoms with Gasteiger partial charge in [0, 0.05) is 31.3 Å². The van der Waals surface area contributed by atoms with Gasteiger partial charge in [-0.15, -0.1) is 0 Å². The molecule has 1 aromatic rings. The van der Waals surface area contributed by atoms with E-state index in [1.54, 1.807) is 40.7 Å². The average molecular weight is 468 g/mol. The quantitative estimate of drug-likeness (QED) is 0.645. The number of carbonyl (C=O) groups is 3. The molecule has 0 aliphatic carbocycles. The number of nitrogens with zero attached hydrogens (tertiary/aromatic N) is 2. The molecule has 2 rings (SSSR count). The third-order valence-electron chi connectivity index (χ3n) is 4.90. The van der Waals surface area contributed by atoms with Crippen LogP contribution in [0.15, 0.2) is 28.1 Å². The fourth-order valence-corrected chi connectivity index (χ4v) is 4.63. The number of benzene rings is 1. The van der Waals surface area contributed by atoms with Gasteiger partial charge in [-0.05, 0) is 37.1 Å². The molecule has 0 unspecified atom stereocenters. The number of hydrogen-bond donors (Lipinski definition) is 1. The van der Waals surface area contributed by atoms with Crippen LogP contribution in [0.25, 0.3) is 0 Å². The SMILES string of the molecule is Cc1cc(S(=O)(=O)N(C)C)cc(NC(=O)CN2C(=O)CS/C2=C\C(=O)C(C)(C)C)c1C. The Morgan fingerprint density at radius 3 is 2.39 bits per heavy atom. The molecule has 0 radical (unpaired) electrons. The Labute approximate surface area is 188 Å². The van der Waals surface area contributed by atoms with Crippen LogP contribution in [0.5, 0.6) is 0 Å². The first-order valence-corrected chi connectivity index (χ1v) is 12.1. The van der Waals surface area contributed by atoms with Crippen molar-refractivity contribution in [2.75, 3.05) is 31.7 Å². The van der Waals surface area contributed by atoms with Gasteiger partial charge in [0.1, 0.15) is 6.54 Å². The maximum Gasteiger partial charge on any atom is 0.244 e. The molecule has 1 aliphatic heterocycles. The number of sulfonamides is 1. The third kappa shape index (κ3) is 5.75. The van der Waals surface area contributed by atoms with Gasteiger partial charge in [-0.2, -0.15) is 0 Å². The van der Waals surface area contributed by atoms with Gasteiger partial charge < -0.3 is 5.32 Å². The molecule has 0 aromatic heterocycles. The summed E-state index contributed by atoms with van der Waals surface area (Å²) in [6.45, 7) is 8.62. The monoisotopic (exact) mass is 467 g/mol. The van der Waals surface area contributed by atoms with Crippen LogP contribution in [0, 0.1) is 19.3 Å². The summed E-state index contributed by atoms with van der Waals surface area (Å²) in [5.41, 5.74) is 1.20. The molecule has 2 amide bonds. The predicted octanol–water partition coefficient (Wildman–Crippen LogP) is 2.52. The van der Waals surface area contributed by atoms with E-state index in [1.165, 1.54) is 42.9 Å². The normalized spacial score (nSPS) is 16.3. The first kappa shape index (κ1) is 25.1. The summed E-state index contributed by atoms with van der Waals surface area (Å²) in [6.07, 6.45) is 1.41. The van der Waals surface area contributed by atoms with Crippen LogP contribution in [0.3, 0.4) is 0 Å². The van der Waals surface area contributed by atoms with Gasteiger partial charge in [-0.3, -0.25) is 19.3 Å². The highest BCUT2D eigenvalue weighted by atomic mass is 32.2. The van der Waals surface area contributed by atoms with Crippen molar-refractivity contribution < 1.29 is 22.8 Å². The zero-order chi connectivity index (χ0) is 23.7. The van der Waals surface area contributed by atoms with Gasteiger partial charge in [-0.1, -0.05) is 32.5 Å². The largest absolute Gasteiger partial charge is 0.324 e. The van der Waals surface area contributed by atoms with Gasteiger partial charge in [0.2, 0.25) is 21.8 Å². The van der Waals surface area contributed by atoms with E-state index in [0.29, 0.717) is 16.3 Å². The van der Waals surface area contributed by atoms with Crippen LogP contribution in [-0.4, -0.2) is 61.6 Å². The second kappa shape index (κ2) is 9.13. The van der Waals surface area contributed by atoms with Crippen molar-refractivity contribution in [1.29, 1.82) is 0 Å². The molecule has 8 nitrogen and oxygen atoms in total. The Balaban J connectivity index is 2.27. The number of rotatable bonds is 6. The van der Waals surface area contributed by atoms with Crippen molar-refractivity contribution in [3.05, 3.63) is 34.4 Å². The lowest BCUT2D eigenvalue weighted by Gasteiger charge is -2.20. The Kier molecular flexibility index (Phi) is 7.39. The summed E-state index contributed by atoms with van der Waals surface area (Å²) in [5, 5.41) is 3.16. The number of allylic oxidation sites excluding steroid dienone is 1. The van der Waals surface area contributed by atoms with Crippen LogP contribution >= 0.6 is 11.8 Å². The van der Waals surface area contributed by atoms with E-state index in [9.17, 15) is 22.8 Å². The lowest BCUT2D eigenvalue weighted by molar-refractivity contribution is -0.129.